The van der Waals surface area contributed by atoms with Gasteiger partial charge in [0.15, 0.2) is 5.69 Å². The summed E-state index contributed by atoms with van der Waals surface area (Å²) in [5.74, 6) is -0.408. The lowest BCUT2D eigenvalue weighted by atomic mass is 9.99. The van der Waals surface area contributed by atoms with Crippen molar-refractivity contribution in [1.29, 1.82) is 0 Å². The summed E-state index contributed by atoms with van der Waals surface area (Å²) in [6.07, 6.45) is 5.25. The van der Waals surface area contributed by atoms with Crippen molar-refractivity contribution >= 4 is 22.4 Å². The SMILES string of the molecule is O=C(NN=C1CCCCC1)c1nn(-c2ccccc2)c(=O)c2ccccc12. The Morgan fingerprint density at radius 1 is 0.926 bits per heavy atom. The summed E-state index contributed by atoms with van der Waals surface area (Å²) in [6.45, 7) is 0. The first-order chi connectivity index (χ1) is 13.2. The molecule has 0 saturated heterocycles. The van der Waals surface area contributed by atoms with E-state index < -0.39 is 5.91 Å². The molecule has 0 atom stereocenters. The molecule has 1 saturated carbocycles. The first-order valence-electron chi connectivity index (χ1n) is 9.17. The first kappa shape index (κ1) is 17.1. The number of nitrogens with zero attached hydrogens (tertiary/aromatic N) is 3. The smallest absolute Gasteiger partial charge is 0.267 e. The molecule has 1 fully saturated rings. The zero-order valence-electron chi connectivity index (χ0n) is 14.9. The minimum absolute atomic E-state index is 0.189. The van der Waals surface area contributed by atoms with Crippen LogP contribution >= 0.6 is 0 Å². The van der Waals surface area contributed by atoms with Gasteiger partial charge in [-0.2, -0.15) is 14.9 Å². The third-order valence-electron chi connectivity index (χ3n) is 4.77. The van der Waals surface area contributed by atoms with Crippen LogP contribution in [0.25, 0.3) is 16.5 Å². The number of hydrazone groups is 1. The fourth-order valence-corrected chi connectivity index (χ4v) is 3.36. The van der Waals surface area contributed by atoms with E-state index in [1.54, 1.807) is 36.4 Å². The van der Waals surface area contributed by atoms with Gasteiger partial charge in [-0.3, -0.25) is 9.59 Å². The van der Waals surface area contributed by atoms with E-state index in [0.29, 0.717) is 16.5 Å². The van der Waals surface area contributed by atoms with Crippen LogP contribution in [0, 0.1) is 0 Å². The van der Waals surface area contributed by atoms with Crippen molar-refractivity contribution in [3.8, 4) is 5.69 Å². The van der Waals surface area contributed by atoms with Gasteiger partial charge >= 0.3 is 0 Å². The molecule has 6 heteroatoms. The van der Waals surface area contributed by atoms with E-state index >= 15 is 0 Å². The van der Waals surface area contributed by atoms with Crippen LogP contribution in [0.2, 0.25) is 0 Å². The topological polar surface area (TPSA) is 76.3 Å². The van der Waals surface area contributed by atoms with Gasteiger partial charge < -0.3 is 0 Å². The number of rotatable bonds is 3. The van der Waals surface area contributed by atoms with Gasteiger partial charge in [-0.25, -0.2) is 5.43 Å². The summed E-state index contributed by atoms with van der Waals surface area (Å²) >= 11 is 0. The van der Waals surface area contributed by atoms with Crippen LogP contribution in [-0.2, 0) is 0 Å². The largest absolute Gasteiger partial charge is 0.292 e. The lowest BCUT2D eigenvalue weighted by Gasteiger charge is -2.13. The van der Waals surface area contributed by atoms with Crippen LogP contribution in [0.4, 0.5) is 0 Å². The summed E-state index contributed by atoms with van der Waals surface area (Å²) in [5.41, 5.74) is 4.18. The number of para-hydroxylation sites is 1. The molecule has 1 N–H and O–H groups in total. The normalized spacial score (nSPS) is 14.1. The highest BCUT2D eigenvalue weighted by Crippen LogP contribution is 2.16. The van der Waals surface area contributed by atoms with E-state index in [4.69, 9.17) is 0 Å². The van der Waals surface area contributed by atoms with Crippen molar-refractivity contribution in [2.75, 3.05) is 0 Å². The third kappa shape index (κ3) is 3.51. The van der Waals surface area contributed by atoms with Crippen LogP contribution in [0.3, 0.4) is 0 Å². The maximum Gasteiger partial charge on any atom is 0.292 e. The Kier molecular flexibility index (Phi) is 4.78. The molecule has 0 unspecified atom stereocenters. The Bertz CT molecular complexity index is 1060. The molecule has 0 spiro atoms. The van der Waals surface area contributed by atoms with Crippen molar-refractivity contribution in [3.63, 3.8) is 0 Å². The Balaban J connectivity index is 1.78. The predicted octanol–water partition coefficient (Wildman–Crippen LogP) is 3.44. The van der Waals surface area contributed by atoms with Crippen molar-refractivity contribution in [2.45, 2.75) is 32.1 Å². The number of carbonyl (C=O) groups excluding carboxylic acids is 1. The zero-order chi connectivity index (χ0) is 18.6. The molecular weight excluding hydrogens is 340 g/mol. The number of hydrogen-bond donors (Lipinski definition) is 1. The van der Waals surface area contributed by atoms with Crippen LogP contribution in [0.5, 0.6) is 0 Å². The molecule has 2 aromatic carbocycles. The summed E-state index contributed by atoms with van der Waals surface area (Å²) < 4.78 is 1.27. The van der Waals surface area contributed by atoms with E-state index in [0.717, 1.165) is 31.4 Å². The molecule has 0 aliphatic heterocycles. The van der Waals surface area contributed by atoms with Gasteiger partial charge in [0.2, 0.25) is 0 Å². The Morgan fingerprint density at radius 3 is 2.33 bits per heavy atom. The minimum Gasteiger partial charge on any atom is -0.267 e. The fourth-order valence-electron chi connectivity index (χ4n) is 3.36. The van der Waals surface area contributed by atoms with E-state index in [-0.39, 0.29) is 11.3 Å². The molecule has 6 nitrogen and oxygen atoms in total. The number of aromatic nitrogens is 2. The van der Waals surface area contributed by atoms with Gasteiger partial charge in [0.1, 0.15) is 0 Å². The van der Waals surface area contributed by atoms with E-state index in [9.17, 15) is 9.59 Å². The van der Waals surface area contributed by atoms with Gasteiger partial charge in [-0.15, -0.1) is 0 Å². The second-order valence-electron chi connectivity index (χ2n) is 6.63. The molecule has 1 heterocycles. The quantitative estimate of drug-likeness (QED) is 0.727. The lowest BCUT2D eigenvalue weighted by Crippen LogP contribution is -2.28. The molecule has 136 valence electrons. The Hall–Kier alpha value is -3.28. The molecule has 3 aromatic rings. The van der Waals surface area contributed by atoms with Crippen LogP contribution in [0.15, 0.2) is 64.5 Å². The summed E-state index contributed by atoms with van der Waals surface area (Å²) in [5, 5.41) is 9.61. The zero-order valence-corrected chi connectivity index (χ0v) is 14.9. The molecule has 1 aliphatic rings. The molecule has 27 heavy (non-hydrogen) atoms. The Labute approximate surface area is 156 Å². The highest BCUT2D eigenvalue weighted by molar-refractivity contribution is 6.05. The van der Waals surface area contributed by atoms with Crippen molar-refractivity contribution in [3.05, 3.63) is 70.6 Å². The van der Waals surface area contributed by atoms with Gasteiger partial charge in [0, 0.05) is 11.1 Å². The highest BCUT2D eigenvalue weighted by Gasteiger charge is 2.17. The van der Waals surface area contributed by atoms with Crippen LogP contribution in [0.1, 0.15) is 42.6 Å². The maximum atomic E-state index is 12.9. The number of hydrogen-bond acceptors (Lipinski definition) is 4. The monoisotopic (exact) mass is 360 g/mol. The number of fused-ring (bicyclic) bond motifs is 1. The third-order valence-corrected chi connectivity index (χ3v) is 4.77. The molecule has 0 radical (unpaired) electrons. The van der Waals surface area contributed by atoms with Crippen molar-refractivity contribution in [1.82, 2.24) is 15.2 Å². The van der Waals surface area contributed by atoms with Gasteiger partial charge in [0.05, 0.1) is 11.1 Å². The van der Waals surface area contributed by atoms with E-state index in [1.807, 2.05) is 18.2 Å². The molecule has 1 amide bonds. The molecule has 1 aromatic heterocycles. The average molecular weight is 360 g/mol. The molecule has 0 bridgehead atoms. The number of carbonyl (C=O) groups is 1. The minimum atomic E-state index is -0.408. The summed E-state index contributed by atoms with van der Waals surface area (Å²) in [4.78, 5) is 25.7. The van der Waals surface area contributed by atoms with Gasteiger partial charge in [-0.05, 0) is 43.9 Å². The standard InChI is InChI=1S/C21H20N4O2/c26-20(23-22-15-9-3-1-4-10-15)19-17-13-7-8-14-18(17)21(27)25(24-19)16-11-5-2-6-12-16/h2,5-8,11-14H,1,3-4,9-10H2,(H,23,26). The van der Waals surface area contributed by atoms with Crippen molar-refractivity contribution < 1.29 is 4.79 Å². The number of benzene rings is 2. The highest BCUT2D eigenvalue weighted by atomic mass is 16.2. The second kappa shape index (κ2) is 7.53. The Morgan fingerprint density at radius 2 is 1.59 bits per heavy atom. The van der Waals surface area contributed by atoms with E-state index in [1.165, 1.54) is 11.1 Å². The molecule has 4 rings (SSSR count). The van der Waals surface area contributed by atoms with Crippen LogP contribution in [-0.4, -0.2) is 21.4 Å². The van der Waals surface area contributed by atoms with Gasteiger partial charge in [-0.1, -0.05) is 42.8 Å². The van der Waals surface area contributed by atoms with Gasteiger partial charge in [0.25, 0.3) is 11.5 Å². The fraction of sp³-hybridized carbons (Fsp3) is 0.238. The number of nitrogens with one attached hydrogen (secondary N) is 1. The second-order valence-corrected chi connectivity index (χ2v) is 6.63. The van der Waals surface area contributed by atoms with Crippen LogP contribution < -0.4 is 11.0 Å². The number of amides is 1. The molecule has 1 aliphatic carbocycles. The summed E-state index contributed by atoms with van der Waals surface area (Å²) in [7, 11) is 0. The maximum absolute atomic E-state index is 12.9. The average Bonchev–Trinajstić information content (AvgIpc) is 2.74. The lowest BCUT2D eigenvalue weighted by molar-refractivity contribution is 0.0949. The predicted molar refractivity (Wildman–Crippen MR) is 105 cm³/mol. The van der Waals surface area contributed by atoms with E-state index in [2.05, 4.69) is 15.6 Å². The first-order valence-corrected chi connectivity index (χ1v) is 9.17. The molecular formula is C21H20N4O2. The van der Waals surface area contributed by atoms with Crippen molar-refractivity contribution in [2.24, 2.45) is 5.10 Å². The summed E-state index contributed by atoms with van der Waals surface area (Å²) in [6, 6.07) is 16.1.